The van der Waals surface area contributed by atoms with E-state index >= 15 is 0 Å². The van der Waals surface area contributed by atoms with Crippen molar-refractivity contribution in [1.29, 1.82) is 0 Å². The highest BCUT2D eigenvalue weighted by Crippen LogP contribution is 2.39. The highest BCUT2D eigenvalue weighted by Gasteiger charge is 2.36. The lowest BCUT2D eigenvalue weighted by atomic mass is 10.0. The van der Waals surface area contributed by atoms with E-state index in [-0.39, 0.29) is 17.2 Å². The van der Waals surface area contributed by atoms with Gasteiger partial charge in [-0.05, 0) is 83.9 Å². The Bertz CT molecular complexity index is 1400. The monoisotopic (exact) mass is 536 g/mol. The molecule has 2 amide bonds. The first-order chi connectivity index (χ1) is 17.8. The van der Waals surface area contributed by atoms with Gasteiger partial charge in [-0.15, -0.1) is 6.58 Å². The Hall–Kier alpha value is -4.08. The van der Waals surface area contributed by atoms with Gasteiger partial charge in [0.25, 0.3) is 16.8 Å². The van der Waals surface area contributed by atoms with Gasteiger partial charge in [-0.1, -0.05) is 17.7 Å². The molecule has 0 N–H and O–H groups in total. The first kappa shape index (κ1) is 26.0. The largest absolute Gasteiger partial charge is 0.493 e. The molecule has 0 bridgehead atoms. The van der Waals surface area contributed by atoms with Gasteiger partial charge in [0.2, 0.25) is 0 Å². The number of anilines is 1. The third kappa shape index (κ3) is 5.84. The lowest BCUT2D eigenvalue weighted by Crippen LogP contribution is -2.27. The van der Waals surface area contributed by atoms with E-state index in [4.69, 9.17) is 21.1 Å². The number of benzene rings is 3. The minimum Gasteiger partial charge on any atom is -0.493 e. The maximum atomic E-state index is 13.0. The summed E-state index contributed by atoms with van der Waals surface area (Å²) in [5.41, 5.74) is 2.60. The number of imide groups is 1. The van der Waals surface area contributed by atoms with Crippen molar-refractivity contribution in [2.45, 2.75) is 13.0 Å². The van der Waals surface area contributed by atoms with Crippen molar-refractivity contribution in [2.75, 3.05) is 12.0 Å². The molecule has 1 saturated heterocycles. The van der Waals surface area contributed by atoms with Crippen LogP contribution in [0.5, 0.6) is 11.5 Å². The van der Waals surface area contributed by atoms with Crippen LogP contribution in [0.4, 0.5) is 16.2 Å². The van der Waals surface area contributed by atoms with Crippen LogP contribution in [-0.2, 0) is 17.8 Å². The summed E-state index contributed by atoms with van der Waals surface area (Å²) in [6, 6.07) is 16.1. The van der Waals surface area contributed by atoms with E-state index in [1.807, 2.05) is 6.07 Å². The number of amides is 2. The number of rotatable bonds is 9. The number of methoxy groups -OCH3 is 1. The third-order valence-corrected chi connectivity index (χ3v) is 6.57. The molecule has 0 aromatic heterocycles. The second-order valence-corrected chi connectivity index (χ2v) is 9.34. The molecule has 4 rings (SSSR count). The number of nitro groups is 1. The number of thioether (sulfide) groups is 1. The molecule has 0 saturated carbocycles. The number of nitro benzene ring substituents is 1. The van der Waals surface area contributed by atoms with Crippen molar-refractivity contribution in [3.05, 3.63) is 110 Å². The Morgan fingerprint density at radius 1 is 1.11 bits per heavy atom. The summed E-state index contributed by atoms with van der Waals surface area (Å²) in [5.74, 6) is 0.497. The summed E-state index contributed by atoms with van der Waals surface area (Å²) in [6.45, 7) is 3.97. The number of allylic oxidation sites excluding steroid dienone is 1. The highest BCUT2D eigenvalue weighted by molar-refractivity contribution is 8.19. The summed E-state index contributed by atoms with van der Waals surface area (Å²) in [4.78, 5) is 37.4. The molecule has 0 aliphatic carbocycles. The zero-order valence-electron chi connectivity index (χ0n) is 19.7. The molecule has 1 aliphatic rings. The predicted octanol–water partition coefficient (Wildman–Crippen LogP) is 6.81. The van der Waals surface area contributed by atoms with Gasteiger partial charge < -0.3 is 9.47 Å². The van der Waals surface area contributed by atoms with E-state index in [1.165, 1.54) is 19.2 Å². The molecule has 0 radical (unpaired) electrons. The summed E-state index contributed by atoms with van der Waals surface area (Å²) >= 11 is 6.77. The molecule has 1 aliphatic heterocycles. The van der Waals surface area contributed by atoms with Crippen LogP contribution in [0.15, 0.2) is 78.2 Å². The van der Waals surface area contributed by atoms with Crippen molar-refractivity contribution in [1.82, 2.24) is 0 Å². The molecule has 0 atom stereocenters. The number of carbonyl (C=O) groups excluding carboxylic acids is 2. The second kappa shape index (κ2) is 11.3. The lowest BCUT2D eigenvalue weighted by Gasteiger charge is -2.16. The molecule has 1 fully saturated rings. The minimum absolute atomic E-state index is 0.00138. The van der Waals surface area contributed by atoms with Crippen molar-refractivity contribution in [2.24, 2.45) is 0 Å². The van der Waals surface area contributed by atoms with E-state index in [0.717, 1.165) is 27.8 Å². The molecule has 0 unspecified atom stereocenters. The molecule has 3 aromatic rings. The van der Waals surface area contributed by atoms with E-state index in [1.54, 1.807) is 54.6 Å². The SMILES string of the molecule is C=CCc1cc(/C=C2/SC(=O)N(c3ccc(Cl)cc3)C2=O)cc(OC)c1OCc1ccc([N+](=O)[O-])cc1. The van der Waals surface area contributed by atoms with Gasteiger partial charge in [0.15, 0.2) is 11.5 Å². The number of nitrogens with zero attached hydrogens (tertiary/aromatic N) is 2. The second-order valence-electron chi connectivity index (χ2n) is 7.91. The third-order valence-electron chi connectivity index (χ3n) is 5.44. The number of hydrogen-bond donors (Lipinski definition) is 0. The molecule has 8 nitrogen and oxygen atoms in total. The molecule has 37 heavy (non-hydrogen) atoms. The summed E-state index contributed by atoms with van der Waals surface area (Å²) < 4.78 is 11.6. The fraction of sp³-hybridized carbons (Fsp3) is 0.111. The van der Waals surface area contributed by atoms with Crippen LogP contribution in [0.25, 0.3) is 6.08 Å². The average molecular weight is 537 g/mol. The van der Waals surface area contributed by atoms with Gasteiger partial charge in [-0.2, -0.15) is 0 Å². The Morgan fingerprint density at radius 2 is 1.81 bits per heavy atom. The summed E-state index contributed by atoms with van der Waals surface area (Å²) in [5, 5.41) is 11.0. The van der Waals surface area contributed by atoms with Crippen LogP contribution in [0.3, 0.4) is 0 Å². The topological polar surface area (TPSA) is 99.0 Å². The molecular formula is C27H21ClN2O6S. The number of halogens is 1. The fourth-order valence-electron chi connectivity index (χ4n) is 3.69. The molecule has 10 heteroatoms. The molecule has 1 heterocycles. The van der Waals surface area contributed by atoms with Crippen molar-refractivity contribution < 1.29 is 24.0 Å². The van der Waals surface area contributed by atoms with Crippen LogP contribution < -0.4 is 14.4 Å². The highest BCUT2D eigenvalue weighted by atomic mass is 35.5. The quantitative estimate of drug-likeness (QED) is 0.128. The average Bonchev–Trinajstić information content (AvgIpc) is 3.16. The van der Waals surface area contributed by atoms with Gasteiger partial charge >= 0.3 is 0 Å². The molecule has 188 valence electrons. The number of non-ortho nitro benzene ring substituents is 1. The zero-order valence-corrected chi connectivity index (χ0v) is 21.3. The lowest BCUT2D eigenvalue weighted by molar-refractivity contribution is -0.384. The molecule has 0 spiro atoms. The Balaban J connectivity index is 1.61. The Morgan fingerprint density at radius 3 is 2.43 bits per heavy atom. The maximum absolute atomic E-state index is 13.0. The van der Waals surface area contributed by atoms with E-state index in [9.17, 15) is 19.7 Å². The fourth-order valence-corrected chi connectivity index (χ4v) is 4.66. The zero-order chi connectivity index (χ0) is 26.5. The van der Waals surface area contributed by atoms with Crippen LogP contribution in [0.2, 0.25) is 5.02 Å². The molecule has 3 aromatic carbocycles. The number of hydrogen-bond acceptors (Lipinski definition) is 7. The number of carbonyl (C=O) groups is 2. The first-order valence-electron chi connectivity index (χ1n) is 11.0. The summed E-state index contributed by atoms with van der Waals surface area (Å²) in [7, 11) is 1.50. The van der Waals surface area contributed by atoms with E-state index in [0.29, 0.717) is 34.2 Å². The van der Waals surface area contributed by atoms with Crippen LogP contribution in [0, 0.1) is 10.1 Å². The number of ether oxygens (including phenoxy) is 2. The van der Waals surface area contributed by atoms with Crippen molar-refractivity contribution in [3.8, 4) is 11.5 Å². The van der Waals surface area contributed by atoms with Gasteiger partial charge in [0.05, 0.1) is 22.6 Å². The predicted molar refractivity (Wildman–Crippen MR) is 144 cm³/mol. The smallest absolute Gasteiger partial charge is 0.298 e. The van der Waals surface area contributed by atoms with E-state index in [2.05, 4.69) is 6.58 Å². The Labute approximate surface area is 222 Å². The summed E-state index contributed by atoms with van der Waals surface area (Å²) in [6.07, 6.45) is 3.81. The normalized spacial score (nSPS) is 14.2. The van der Waals surface area contributed by atoms with Gasteiger partial charge in [-0.3, -0.25) is 19.7 Å². The maximum Gasteiger partial charge on any atom is 0.298 e. The van der Waals surface area contributed by atoms with Crippen LogP contribution in [0.1, 0.15) is 16.7 Å². The minimum atomic E-state index is -0.460. The molecular weight excluding hydrogens is 516 g/mol. The Kier molecular flexibility index (Phi) is 7.95. The first-order valence-corrected chi connectivity index (χ1v) is 12.2. The van der Waals surface area contributed by atoms with E-state index < -0.39 is 16.1 Å². The standard InChI is InChI=1S/C27H21ClN2O6S/c1-3-4-19-13-18(15-24-26(31)29(27(32)37-24)21-11-7-20(28)8-12-21)14-23(35-2)25(19)36-16-17-5-9-22(10-6-17)30(33)34/h3,5-15H,1,4,16H2,2H3/b24-15+. The van der Waals surface area contributed by atoms with Gasteiger partial charge in [0, 0.05) is 22.7 Å². The van der Waals surface area contributed by atoms with Crippen LogP contribution in [-0.4, -0.2) is 23.2 Å². The van der Waals surface area contributed by atoms with Crippen molar-refractivity contribution in [3.63, 3.8) is 0 Å². The van der Waals surface area contributed by atoms with Crippen molar-refractivity contribution >= 4 is 52.0 Å². The van der Waals surface area contributed by atoms with Crippen LogP contribution >= 0.6 is 23.4 Å². The van der Waals surface area contributed by atoms with Gasteiger partial charge in [0.1, 0.15) is 6.61 Å². The van der Waals surface area contributed by atoms with Gasteiger partial charge in [-0.25, -0.2) is 4.90 Å².